The first-order valence-electron chi connectivity index (χ1n) is 3.63. The molecule has 74 valence electrons. The first-order chi connectivity index (χ1) is 5.52. The van der Waals surface area contributed by atoms with E-state index in [1.807, 2.05) is 13.2 Å². The van der Waals surface area contributed by atoms with Gasteiger partial charge in [-0.25, -0.2) is 13.1 Å². The van der Waals surface area contributed by atoms with E-state index in [4.69, 9.17) is 5.11 Å². The van der Waals surface area contributed by atoms with Gasteiger partial charge >= 0.3 is 0 Å². The molecule has 0 saturated carbocycles. The summed E-state index contributed by atoms with van der Waals surface area (Å²) >= 11 is 1.59. The van der Waals surface area contributed by atoms with Crippen molar-refractivity contribution in [1.82, 2.24) is 4.72 Å². The van der Waals surface area contributed by atoms with Crippen molar-refractivity contribution in [3.8, 4) is 0 Å². The first kappa shape index (κ1) is 12.2. The van der Waals surface area contributed by atoms with Crippen molar-refractivity contribution in [2.75, 3.05) is 25.2 Å². The molecule has 0 aliphatic heterocycles. The van der Waals surface area contributed by atoms with Crippen molar-refractivity contribution >= 4 is 21.8 Å². The van der Waals surface area contributed by atoms with Crippen LogP contribution >= 0.6 is 11.8 Å². The quantitative estimate of drug-likeness (QED) is 0.633. The van der Waals surface area contributed by atoms with Gasteiger partial charge in [0.05, 0.1) is 12.4 Å². The Hall–Kier alpha value is 0.220. The van der Waals surface area contributed by atoms with E-state index < -0.39 is 10.0 Å². The molecule has 6 heteroatoms. The van der Waals surface area contributed by atoms with Crippen LogP contribution < -0.4 is 4.72 Å². The predicted octanol–water partition coefficient (Wildman–Crippen LogP) is -0.350. The minimum Gasteiger partial charge on any atom is -0.395 e. The number of aliphatic hydroxyl groups excluding tert-OH is 1. The maximum Gasteiger partial charge on any atom is 0.213 e. The van der Waals surface area contributed by atoms with Crippen molar-refractivity contribution < 1.29 is 13.5 Å². The highest BCUT2D eigenvalue weighted by atomic mass is 32.2. The standard InChI is InChI=1S/C6H15NO3S2/c1-6(11-2)5-7-12(9,10)4-3-8/h6-8H,3-5H2,1-2H3. The SMILES string of the molecule is CSC(C)CNS(=O)(=O)CCO. The zero-order valence-corrected chi connectivity index (χ0v) is 8.91. The zero-order valence-electron chi connectivity index (χ0n) is 7.28. The smallest absolute Gasteiger partial charge is 0.213 e. The lowest BCUT2D eigenvalue weighted by Gasteiger charge is -2.09. The van der Waals surface area contributed by atoms with E-state index in [1.54, 1.807) is 11.8 Å². The summed E-state index contributed by atoms with van der Waals surface area (Å²) in [5.41, 5.74) is 0. The highest BCUT2D eigenvalue weighted by Crippen LogP contribution is 2.02. The Kier molecular flexibility index (Phi) is 5.90. The molecule has 4 nitrogen and oxygen atoms in total. The molecule has 1 atom stereocenters. The number of hydrogen-bond acceptors (Lipinski definition) is 4. The molecule has 0 aromatic rings. The Morgan fingerprint density at radius 1 is 1.58 bits per heavy atom. The van der Waals surface area contributed by atoms with E-state index >= 15 is 0 Å². The van der Waals surface area contributed by atoms with Crippen LogP contribution in [0.25, 0.3) is 0 Å². The molecule has 0 amide bonds. The minimum atomic E-state index is -3.25. The number of sulfonamides is 1. The molecular weight excluding hydrogens is 198 g/mol. The van der Waals surface area contributed by atoms with Crippen molar-refractivity contribution in [2.24, 2.45) is 0 Å². The van der Waals surface area contributed by atoms with Gasteiger partial charge in [-0.1, -0.05) is 6.92 Å². The maximum atomic E-state index is 11.0. The topological polar surface area (TPSA) is 66.4 Å². The lowest BCUT2D eigenvalue weighted by Crippen LogP contribution is -2.32. The molecule has 0 heterocycles. The average Bonchev–Trinajstić information content (AvgIpc) is 2.00. The van der Waals surface area contributed by atoms with Gasteiger partial charge in [-0.15, -0.1) is 0 Å². The van der Waals surface area contributed by atoms with Crippen LogP contribution in [-0.2, 0) is 10.0 Å². The fourth-order valence-electron chi connectivity index (χ4n) is 0.520. The maximum absolute atomic E-state index is 11.0. The van der Waals surface area contributed by atoms with Gasteiger partial charge in [0, 0.05) is 11.8 Å². The largest absolute Gasteiger partial charge is 0.395 e. The summed E-state index contributed by atoms with van der Waals surface area (Å²) in [5.74, 6) is -0.214. The second kappa shape index (κ2) is 5.80. The molecule has 0 aliphatic rings. The zero-order chi connectivity index (χ0) is 9.61. The van der Waals surface area contributed by atoms with Crippen LogP contribution in [0.5, 0.6) is 0 Å². The molecule has 0 radical (unpaired) electrons. The van der Waals surface area contributed by atoms with E-state index in [-0.39, 0.29) is 17.6 Å². The number of thioether (sulfide) groups is 1. The lowest BCUT2D eigenvalue weighted by atomic mass is 10.5. The summed E-state index contributed by atoms with van der Waals surface area (Å²) in [6, 6.07) is 0. The lowest BCUT2D eigenvalue weighted by molar-refractivity contribution is 0.319. The van der Waals surface area contributed by atoms with Crippen molar-refractivity contribution in [3.05, 3.63) is 0 Å². The fraction of sp³-hybridized carbons (Fsp3) is 1.00. The molecule has 1 unspecified atom stereocenters. The third-order valence-corrected chi connectivity index (χ3v) is 3.65. The van der Waals surface area contributed by atoms with Gasteiger partial charge in [0.2, 0.25) is 10.0 Å². The van der Waals surface area contributed by atoms with Gasteiger partial charge in [-0.05, 0) is 6.26 Å². The number of rotatable bonds is 6. The molecule has 12 heavy (non-hydrogen) atoms. The molecule has 0 saturated heterocycles. The molecular formula is C6H15NO3S2. The van der Waals surface area contributed by atoms with Crippen LogP contribution in [0.1, 0.15) is 6.92 Å². The summed E-state index contributed by atoms with van der Waals surface area (Å²) in [7, 11) is -3.25. The van der Waals surface area contributed by atoms with Gasteiger partial charge in [0.1, 0.15) is 0 Å². The predicted molar refractivity (Wildman–Crippen MR) is 51.9 cm³/mol. The summed E-state index contributed by atoms with van der Waals surface area (Å²) < 4.78 is 24.3. The molecule has 0 aromatic carbocycles. The number of nitrogens with one attached hydrogen (secondary N) is 1. The molecule has 2 N–H and O–H groups in total. The van der Waals surface area contributed by atoms with Crippen molar-refractivity contribution in [1.29, 1.82) is 0 Å². The van der Waals surface area contributed by atoms with E-state index in [0.29, 0.717) is 6.54 Å². The summed E-state index contributed by atoms with van der Waals surface area (Å²) in [6.07, 6.45) is 1.92. The van der Waals surface area contributed by atoms with E-state index in [2.05, 4.69) is 4.72 Å². The molecule has 0 rings (SSSR count). The van der Waals surface area contributed by atoms with Gasteiger partial charge in [-0.2, -0.15) is 11.8 Å². The minimum absolute atomic E-state index is 0.214. The van der Waals surface area contributed by atoms with Crippen molar-refractivity contribution in [2.45, 2.75) is 12.2 Å². The van der Waals surface area contributed by atoms with Gasteiger partial charge in [-0.3, -0.25) is 0 Å². The van der Waals surface area contributed by atoms with Crippen LogP contribution in [0.15, 0.2) is 0 Å². The Bertz CT molecular complexity index is 203. The fourth-order valence-corrected chi connectivity index (χ4v) is 1.76. The third kappa shape index (κ3) is 5.82. The first-order valence-corrected chi connectivity index (χ1v) is 6.57. The number of hydrogen-bond donors (Lipinski definition) is 2. The normalized spacial score (nSPS) is 14.6. The van der Waals surface area contributed by atoms with Crippen LogP contribution in [0.2, 0.25) is 0 Å². The highest BCUT2D eigenvalue weighted by molar-refractivity contribution is 7.99. The van der Waals surface area contributed by atoms with Gasteiger partial charge in [0.15, 0.2) is 0 Å². The molecule has 0 aromatic heterocycles. The highest BCUT2D eigenvalue weighted by Gasteiger charge is 2.09. The Morgan fingerprint density at radius 2 is 2.17 bits per heavy atom. The monoisotopic (exact) mass is 213 g/mol. The van der Waals surface area contributed by atoms with Crippen LogP contribution in [0.3, 0.4) is 0 Å². The van der Waals surface area contributed by atoms with Gasteiger partial charge < -0.3 is 5.11 Å². The summed E-state index contributed by atoms with van der Waals surface area (Å²) in [5, 5.41) is 8.66. The Labute approximate surface area is 77.8 Å². The van der Waals surface area contributed by atoms with Crippen LogP contribution in [0.4, 0.5) is 0 Å². The Morgan fingerprint density at radius 3 is 2.58 bits per heavy atom. The molecule has 0 aliphatic carbocycles. The number of aliphatic hydroxyl groups is 1. The van der Waals surface area contributed by atoms with Crippen LogP contribution in [-0.4, -0.2) is 43.9 Å². The summed E-state index contributed by atoms with van der Waals surface area (Å²) in [4.78, 5) is 0. The molecule has 0 spiro atoms. The third-order valence-electron chi connectivity index (χ3n) is 1.35. The molecule has 0 bridgehead atoms. The van der Waals surface area contributed by atoms with Crippen molar-refractivity contribution in [3.63, 3.8) is 0 Å². The molecule has 0 fully saturated rings. The van der Waals surface area contributed by atoms with E-state index in [0.717, 1.165) is 0 Å². The van der Waals surface area contributed by atoms with E-state index in [9.17, 15) is 8.42 Å². The van der Waals surface area contributed by atoms with Crippen LogP contribution in [0, 0.1) is 0 Å². The Balaban J connectivity index is 3.76. The van der Waals surface area contributed by atoms with E-state index in [1.165, 1.54) is 0 Å². The van der Waals surface area contributed by atoms with Gasteiger partial charge in [0.25, 0.3) is 0 Å². The average molecular weight is 213 g/mol. The summed E-state index contributed by atoms with van der Waals surface area (Å²) in [6.45, 7) is 2.03. The second-order valence-electron chi connectivity index (χ2n) is 2.44. The second-order valence-corrected chi connectivity index (χ2v) is 5.64.